The van der Waals surface area contributed by atoms with Gasteiger partial charge in [0, 0.05) is 5.39 Å². The van der Waals surface area contributed by atoms with E-state index in [4.69, 9.17) is 4.42 Å². The Balaban J connectivity index is 2.00. The van der Waals surface area contributed by atoms with E-state index in [2.05, 4.69) is 0 Å². The molecule has 1 aliphatic rings. The minimum absolute atomic E-state index is 0.199. The van der Waals surface area contributed by atoms with Crippen molar-refractivity contribution in [1.29, 1.82) is 0 Å². The van der Waals surface area contributed by atoms with E-state index < -0.39 is 5.60 Å². The molecule has 1 N–H and O–H groups in total. The highest BCUT2D eigenvalue weighted by Gasteiger charge is 2.37. The molecule has 2 aromatic rings. The largest absolute Gasteiger partial charge is 0.455 e. The summed E-state index contributed by atoms with van der Waals surface area (Å²) in [6.07, 6.45) is 5.55. The molecule has 0 amide bonds. The Morgan fingerprint density at radius 3 is 2.68 bits per heavy atom. The van der Waals surface area contributed by atoms with Gasteiger partial charge in [0.25, 0.3) is 0 Å². The molecular weight excluding hydrogens is 243 g/mol. The average molecular weight is 262 g/mol. The van der Waals surface area contributed by atoms with Gasteiger partial charge in [-0.15, -0.1) is 0 Å². The first-order valence-electron chi connectivity index (χ1n) is 7.00. The lowest BCUT2D eigenvalue weighted by Gasteiger charge is -2.33. The van der Waals surface area contributed by atoms with Crippen LogP contribution in [0.2, 0.25) is 0 Å². The van der Waals surface area contributed by atoms with Crippen LogP contribution in [0.1, 0.15) is 44.8 Å². The Morgan fingerprint density at radius 2 is 2.00 bits per heavy atom. The van der Waals surface area contributed by atoms with Crippen LogP contribution in [0.15, 0.2) is 28.7 Å². The summed E-state index contributed by atoms with van der Waals surface area (Å²) >= 11 is 0. The van der Waals surface area contributed by atoms with Crippen LogP contribution in [-0.4, -0.2) is 5.11 Å². The first-order valence-corrected chi connectivity index (χ1v) is 7.00. The second kappa shape index (κ2) is 4.64. The lowest BCUT2D eigenvalue weighted by atomic mass is 9.76. The number of para-hydroxylation sites is 1. The van der Waals surface area contributed by atoms with Gasteiger partial charge in [0.1, 0.15) is 11.4 Å². The number of hydrogen-bond acceptors (Lipinski definition) is 2. The summed E-state index contributed by atoms with van der Waals surface area (Å²) in [7, 11) is 0. The van der Waals surface area contributed by atoms with Gasteiger partial charge in [-0.1, -0.05) is 31.4 Å². The van der Waals surface area contributed by atoms with E-state index in [0.29, 0.717) is 11.1 Å². The van der Waals surface area contributed by atoms with E-state index in [1.165, 1.54) is 12.5 Å². The fourth-order valence-corrected chi connectivity index (χ4v) is 3.14. The van der Waals surface area contributed by atoms with Crippen LogP contribution < -0.4 is 0 Å². The summed E-state index contributed by atoms with van der Waals surface area (Å²) in [5, 5.41) is 11.5. The number of rotatable bonds is 2. The van der Waals surface area contributed by atoms with Crippen molar-refractivity contribution in [2.24, 2.45) is 5.92 Å². The van der Waals surface area contributed by atoms with Crippen molar-refractivity contribution in [3.63, 3.8) is 0 Å². The molecule has 1 aromatic carbocycles. The van der Waals surface area contributed by atoms with Gasteiger partial charge in [-0.25, -0.2) is 4.39 Å². The molecule has 19 heavy (non-hydrogen) atoms. The van der Waals surface area contributed by atoms with Gasteiger partial charge in [0.05, 0.1) is 0 Å². The number of halogens is 1. The van der Waals surface area contributed by atoms with Gasteiger partial charge in [-0.2, -0.15) is 0 Å². The molecule has 3 heteroatoms. The zero-order chi connectivity index (χ0) is 13.5. The normalized spacial score (nSPS) is 20.6. The molecule has 102 valence electrons. The van der Waals surface area contributed by atoms with E-state index in [0.717, 1.165) is 25.7 Å². The highest BCUT2D eigenvalue weighted by molar-refractivity contribution is 5.78. The molecule has 1 aliphatic carbocycles. The summed E-state index contributed by atoms with van der Waals surface area (Å²) in [5.74, 6) is 0.313. The molecule has 0 saturated heterocycles. The summed E-state index contributed by atoms with van der Waals surface area (Å²) < 4.78 is 19.2. The quantitative estimate of drug-likeness (QED) is 0.872. The molecule has 1 fully saturated rings. The van der Waals surface area contributed by atoms with E-state index >= 15 is 0 Å². The third-order valence-electron chi connectivity index (χ3n) is 4.40. The average Bonchev–Trinajstić information content (AvgIpc) is 2.86. The lowest BCUT2D eigenvalue weighted by Crippen LogP contribution is -2.32. The number of fused-ring (bicyclic) bond motifs is 1. The van der Waals surface area contributed by atoms with Crippen LogP contribution in [0.25, 0.3) is 11.0 Å². The fraction of sp³-hybridized carbons (Fsp3) is 0.500. The second-order valence-corrected chi connectivity index (χ2v) is 5.75. The predicted molar refractivity (Wildman–Crippen MR) is 72.3 cm³/mol. The smallest absolute Gasteiger partial charge is 0.170 e. The minimum atomic E-state index is -1.01. The van der Waals surface area contributed by atoms with Crippen molar-refractivity contribution in [2.75, 3.05) is 0 Å². The summed E-state index contributed by atoms with van der Waals surface area (Å²) in [6, 6.07) is 6.62. The van der Waals surface area contributed by atoms with Crippen molar-refractivity contribution >= 4 is 11.0 Å². The third-order valence-corrected chi connectivity index (χ3v) is 4.40. The first kappa shape index (κ1) is 12.7. The Labute approximate surface area is 112 Å². The van der Waals surface area contributed by atoms with E-state index in [9.17, 15) is 9.50 Å². The molecule has 1 unspecified atom stereocenters. The van der Waals surface area contributed by atoms with Gasteiger partial charge in [-0.05, 0) is 37.8 Å². The Kier molecular flexibility index (Phi) is 3.09. The van der Waals surface area contributed by atoms with Gasteiger partial charge in [0.2, 0.25) is 0 Å². The van der Waals surface area contributed by atoms with Gasteiger partial charge >= 0.3 is 0 Å². The van der Waals surface area contributed by atoms with Crippen LogP contribution in [0.5, 0.6) is 0 Å². The van der Waals surface area contributed by atoms with Gasteiger partial charge < -0.3 is 9.52 Å². The SMILES string of the molecule is CC(O)(c1cc2cccc(F)c2o1)C1CCCCC1. The van der Waals surface area contributed by atoms with Crippen molar-refractivity contribution in [1.82, 2.24) is 0 Å². The topological polar surface area (TPSA) is 33.4 Å². The van der Waals surface area contributed by atoms with Crippen LogP contribution in [-0.2, 0) is 5.60 Å². The number of furan rings is 1. The standard InChI is InChI=1S/C16H19FO2/c1-16(18,12-7-3-2-4-8-12)14-10-11-6-5-9-13(17)15(11)19-14/h5-6,9-10,12,18H,2-4,7-8H2,1H3. The minimum Gasteiger partial charge on any atom is -0.455 e. The molecule has 1 heterocycles. The van der Waals surface area contributed by atoms with Gasteiger partial charge in [0.15, 0.2) is 11.4 Å². The maximum Gasteiger partial charge on any atom is 0.170 e. The molecule has 1 aromatic heterocycles. The first-order chi connectivity index (χ1) is 9.09. The summed E-state index contributed by atoms with van der Waals surface area (Å²) in [5.41, 5.74) is -0.764. The molecule has 2 nitrogen and oxygen atoms in total. The zero-order valence-electron chi connectivity index (χ0n) is 11.2. The molecule has 0 radical (unpaired) electrons. The lowest BCUT2D eigenvalue weighted by molar-refractivity contribution is -0.0379. The highest BCUT2D eigenvalue weighted by atomic mass is 19.1. The molecule has 0 bridgehead atoms. The van der Waals surface area contributed by atoms with Crippen molar-refractivity contribution in [3.05, 3.63) is 35.8 Å². The molecule has 0 spiro atoms. The third kappa shape index (κ3) is 2.16. The monoisotopic (exact) mass is 262 g/mol. The van der Waals surface area contributed by atoms with Crippen molar-refractivity contribution in [2.45, 2.75) is 44.6 Å². The maximum atomic E-state index is 13.7. The molecule has 1 saturated carbocycles. The van der Waals surface area contributed by atoms with E-state index in [-0.39, 0.29) is 17.3 Å². The van der Waals surface area contributed by atoms with Crippen LogP contribution in [0.3, 0.4) is 0 Å². The highest BCUT2D eigenvalue weighted by Crippen LogP contribution is 2.41. The number of benzene rings is 1. The van der Waals surface area contributed by atoms with E-state index in [1.54, 1.807) is 19.1 Å². The Hall–Kier alpha value is -1.35. The molecule has 3 rings (SSSR count). The maximum absolute atomic E-state index is 13.7. The Morgan fingerprint density at radius 1 is 1.26 bits per heavy atom. The zero-order valence-corrected chi connectivity index (χ0v) is 11.2. The van der Waals surface area contributed by atoms with Gasteiger partial charge in [-0.3, -0.25) is 0 Å². The Bertz CT molecular complexity index is 579. The summed E-state index contributed by atoms with van der Waals surface area (Å²) in [6.45, 7) is 1.79. The fourth-order valence-electron chi connectivity index (χ4n) is 3.14. The second-order valence-electron chi connectivity index (χ2n) is 5.75. The van der Waals surface area contributed by atoms with Crippen LogP contribution >= 0.6 is 0 Å². The molecule has 0 aliphatic heterocycles. The predicted octanol–water partition coefficient (Wildman–Crippen LogP) is 4.36. The van der Waals surface area contributed by atoms with Crippen molar-refractivity contribution < 1.29 is 13.9 Å². The van der Waals surface area contributed by atoms with Crippen LogP contribution in [0.4, 0.5) is 4.39 Å². The van der Waals surface area contributed by atoms with Crippen molar-refractivity contribution in [3.8, 4) is 0 Å². The molecular formula is C16H19FO2. The van der Waals surface area contributed by atoms with E-state index in [1.807, 2.05) is 6.07 Å². The number of hydrogen-bond donors (Lipinski definition) is 1. The summed E-state index contributed by atoms with van der Waals surface area (Å²) in [4.78, 5) is 0. The molecule has 1 atom stereocenters. The number of aliphatic hydroxyl groups is 1. The van der Waals surface area contributed by atoms with Crippen LogP contribution in [0, 0.1) is 11.7 Å².